The number of guanidine groups is 1. The van der Waals surface area contributed by atoms with Crippen molar-refractivity contribution < 1.29 is 0 Å². The van der Waals surface area contributed by atoms with Gasteiger partial charge in [0, 0.05) is 9.26 Å². The molecule has 1 spiro atoms. The van der Waals surface area contributed by atoms with Crippen molar-refractivity contribution in [3.8, 4) is 0 Å². The molecule has 4 fully saturated rings. The molecule has 0 heterocycles. The lowest BCUT2D eigenvalue weighted by atomic mass is 9.36. The van der Waals surface area contributed by atoms with Crippen LogP contribution in [0.15, 0.2) is 29.3 Å². The van der Waals surface area contributed by atoms with E-state index >= 15 is 0 Å². The average Bonchev–Trinajstić information content (AvgIpc) is 2.96. The number of fused-ring (bicyclic) bond motifs is 1. The maximum Gasteiger partial charge on any atom is 0.193 e. The summed E-state index contributed by atoms with van der Waals surface area (Å²) in [6.07, 6.45) is 5.85. The number of hydrogen-bond donors (Lipinski definition) is 2. The van der Waals surface area contributed by atoms with Crippen LogP contribution < -0.4 is 11.1 Å². The minimum atomic E-state index is 0.503. The lowest BCUT2D eigenvalue weighted by Crippen LogP contribution is -2.68. The van der Waals surface area contributed by atoms with Crippen molar-refractivity contribution >= 4 is 34.2 Å². The Morgan fingerprint density at radius 2 is 1.95 bits per heavy atom. The number of anilines is 1. The highest BCUT2D eigenvalue weighted by Gasteiger charge is 2.77. The fraction of sp³-hybridized carbons (Fsp3) is 0.588. The van der Waals surface area contributed by atoms with Gasteiger partial charge in [-0.2, -0.15) is 0 Å². The Labute approximate surface area is 138 Å². The van der Waals surface area contributed by atoms with Crippen LogP contribution in [0.2, 0.25) is 0 Å². The Hall–Kier alpha value is -0.780. The zero-order valence-corrected chi connectivity index (χ0v) is 14.1. The normalized spacial score (nSPS) is 45.8. The van der Waals surface area contributed by atoms with Crippen LogP contribution in [0, 0.1) is 32.7 Å². The Morgan fingerprint density at radius 3 is 2.71 bits per heavy atom. The van der Waals surface area contributed by atoms with Crippen molar-refractivity contribution in [2.24, 2.45) is 39.8 Å². The summed E-state index contributed by atoms with van der Waals surface area (Å²) in [6, 6.07) is 8.79. The first-order valence-corrected chi connectivity index (χ1v) is 9.10. The van der Waals surface area contributed by atoms with Crippen LogP contribution in [0.5, 0.6) is 0 Å². The first-order valence-electron chi connectivity index (χ1n) is 8.02. The van der Waals surface area contributed by atoms with Crippen molar-refractivity contribution in [1.29, 1.82) is 0 Å². The summed E-state index contributed by atoms with van der Waals surface area (Å²) in [5.41, 5.74) is 7.91. The molecule has 1 aromatic rings. The van der Waals surface area contributed by atoms with Gasteiger partial charge in [0.05, 0.1) is 6.04 Å². The van der Waals surface area contributed by atoms with Gasteiger partial charge in [-0.15, -0.1) is 0 Å². The molecule has 3 N–H and O–H groups in total. The molecule has 1 aromatic carbocycles. The van der Waals surface area contributed by atoms with E-state index in [0.717, 1.165) is 34.8 Å². The molecule has 4 aliphatic carbocycles. The molecule has 0 radical (unpaired) electrons. The number of rotatable bonds is 2. The van der Waals surface area contributed by atoms with E-state index in [-0.39, 0.29) is 0 Å². The smallest absolute Gasteiger partial charge is 0.193 e. The van der Waals surface area contributed by atoms with Gasteiger partial charge in [0.1, 0.15) is 0 Å². The monoisotopic (exact) mass is 393 g/mol. The molecular weight excluding hydrogens is 373 g/mol. The van der Waals surface area contributed by atoms with Crippen LogP contribution >= 0.6 is 22.6 Å². The predicted octanol–water partition coefficient (Wildman–Crippen LogP) is 3.45. The Balaban J connectivity index is 1.32. The molecular formula is C17H20IN3. The van der Waals surface area contributed by atoms with Crippen molar-refractivity contribution in [3.05, 3.63) is 27.8 Å². The number of benzene rings is 1. The predicted molar refractivity (Wildman–Crippen MR) is 93.1 cm³/mol. The fourth-order valence-corrected chi connectivity index (χ4v) is 6.48. The van der Waals surface area contributed by atoms with E-state index in [1.54, 1.807) is 0 Å². The van der Waals surface area contributed by atoms with Gasteiger partial charge < -0.3 is 11.1 Å². The molecule has 6 atom stereocenters. The fourth-order valence-electron chi connectivity index (χ4n) is 6.12. The van der Waals surface area contributed by atoms with Gasteiger partial charge in [-0.05, 0) is 102 Å². The molecule has 0 saturated heterocycles. The van der Waals surface area contributed by atoms with Crippen molar-refractivity contribution in [3.63, 3.8) is 0 Å². The average molecular weight is 393 g/mol. The lowest BCUT2D eigenvalue weighted by molar-refractivity contribution is -0.191. The first kappa shape index (κ1) is 12.7. The Bertz CT molecular complexity index is 625. The number of hydrogen-bond acceptors (Lipinski definition) is 1. The topological polar surface area (TPSA) is 50.4 Å². The van der Waals surface area contributed by atoms with Crippen LogP contribution in [0.25, 0.3) is 0 Å². The van der Waals surface area contributed by atoms with Gasteiger partial charge >= 0.3 is 0 Å². The standard InChI is InChI=1S/C17H20IN3/c18-11-1-3-12(4-2-11)20-16(19)21-15-13-6-9-5-10-7-14(15)17(10,13)8-9/h1-4,9-10,13-15H,5-8H2,(H3,19,20,21). The summed E-state index contributed by atoms with van der Waals surface area (Å²) in [5.74, 6) is 4.34. The second kappa shape index (κ2) is 4.15. The summed E-state index contributed by atoms with van der Waals surface area (Å²) in [4.78, 5) is 4.86. The van der Waals surface area contributed by atoms with Crippen LogP contribution in [-0.2, 0) is 0 Å². The zero-order valence-electron chi connectivity index (χ0n) is 11.9. The van der Waals surface area contributed by atoms with E-state index in [0.29, 0.717) is 12.0 Å². The van der Waals surface area contributed by atoms with Gasteiger partial charge in [-0.3, -0.25) is 0 Å². The van der Waals surface area contributed by atoms with Gasteiger partial charge in [-0.1, -0.05) is 0 Å². The molecule has 4 aliphatic rings. The molecule has 110 valence electrons. The summed E-state index contributed by atoms with van der Waals surface area (Å²) in [7, 11) is 0. The molecule has 3 nitrogen and oxygen atoms in total. The summed E-state index contributed by atoms with van der Waals surface area (Å²) >= 11 is 2.31. The molecule has 4 heteroatoms. The van der Waals surface area contributed by atoms with E-state index in [9.17, 15) is 0 Å². The van der Waals surface area contributed by atoms with Gasteiger partial charge in [0.25, 0.3) is 0 Å². The second-order valence-corrected chi connectivity index (χ2v) is 8.68. The highest BCUT2D eigenvalue weighted by molar-refractivity contribution is 14.1. The molecule has 0 aromatic heterocycles. The largest absolute Gasteiger partial charge is 0.370 e. The summed E-state index contributed by atoms with van der Waals surface area (Å²) < 4.78 is 1.23. The van der Waals surface area contributed by atoms with Crippen LogP contribution in [0.4, 0.5) is 5.69 Å². The van der Waals surface area contributed by atoms with E-state index in [4.69, 9.17) is 10.7 Å². The van der Waals surface area contributed by atoms with E-state index < -0.39 is 0 Å². The molecule has 21 heavy (non-hydrogen) atoms. The first-order chi connectivity index (χ1) is 10.2. The SMILES string of the molecule is NC(=NC1C2CC3CC4CC1C42C3)Nc1ccc(I)cc1. The van der Waals surface area contributed by atoms with Crippen LogP contribution in [0.3, 0.4) is 0 Å². The molecule has 0 aliphatic heterocycles. The van der Waals surface area contributed by atoms with Crippen LogP contribution in [-0.4, -0.2) is 12.0 Å². The highest BCUT2D eigenvalue weighted by atomic mass is 127. The molecule has 5 rings (SSSR count). The van der Waals surface area contributed by atoms with E-state index in [1.807, 2.05) is 0 Å². The van der Waals surface area contributed by atoms with Crippen molar-refractivity contribution in [2.75, 3.05) is 5.32 Å². The number of nitrogens with two attached hydrogens (primary N) is 1. The lowest BCUT2D eigenvalue weighted by Gasteiger charge is -2.69. The van der Waals surface area contributed by atoms with Gasteiger partial charge in [0.2, 0.25) is 0 Å². The van der Waals surface area contributed by atoms with Crippen molar-refractivity contribution in [2.45, 2.75) is 31.7 Å². The summed E-state index contributed by atoms with van der Waals surface area (Å²) in [5, 5.41) is 3.25. The third-order valence-corrected chi connectivity index (χ3v) is 7.48. The quantitative estimate of drug-likeness (QED) is 0.460. The molecule has 0 amide bonds. The maximum atomic E-state index is 6.15. The minimum absolute atomic E-state index is 0.503. The third kappa shape index (κ3) is 1.57. The highest BCUT2D eigenvalue weighted by Crippen LogP contribution is 2.81. The van der Waals surface area contributed by atoms with Gasteiger partial charge in [-0.25, -0.2) is 4.99 Å². The van der Waals surface area contributed by atoms with Crippen LogP contribution in [0.1, 0.15) is 25.7 Å². The van der Waals surface area contributed by atoms with E-state index in [1.165, 1.54) is 29.3 Å². The third-order valence-electron chi connectivity index (χ3n) is 6.76. The molecule has 2 bridgehead atoms. The van der Waals surface area contributed by atoms with Gasteiger partial charge in [0.15, 0.2) is 5.96 Å². The number of halogens is 1. The minimum Gasteiger partial charge on any atom is -0.370 e. The maximum absolute atomic E-state index is 6.15. The summed E-state index contributed by atoms with van der Waals surface area (Å²) in [6.45, 7) is 0. The Kier molecular flexibility index (Phi) is 2.52. The number of nitrogens with zero attached hydrogens (tertiary/aromatic N) is 1. The zero-order chi connectivity index (χ0) is 14.2. The second-order valence-electron chi connectivity index (χ2n) is 7.44. The number of aliphatic imine (C=N–C) groups is 1. The van der Waals surface area contributed by atoms with Crippen molar-refractivity contribution in [1.82, 2.24) is 0 Å². The van der Waals surface area contributed by atoms with E-state index in [2.05, 4.69) is 52.2 Å². The molecule has 4 saturated carbocycles. The number of nitrogens with one attached hydrogen (secondary N) is 1. The molecule has 6 unspecified atom stereocenters. The Morgan fingerprint density at radius 1 is 1.19 bits per heavy atom.